The summed E-state index contributed by atoms with van der Waals surface area (Å²) in [5, 5.41) is -0.369. The van der Waals surface area contributed by atoms with Gasteiger partial charge in [-0.3, -0.25) is 9.59 Å². The highest BCUT2D eigenvalue weighted by atomic mass is 35.5. The lowest BCUT2D eigenvalue weighted by Gasteiger charge is -2.16. The molecule has 0 N–H and O–H groups in total. The number of benzene rings is 2. The zero-order valence-electron chi connectivity index (χ0n) is 13.7. The van der Waals surface area contributed by atoms with Gasteiger partial charge >= 0.3 is 0 Å². The molecule has 5 nitrogen and oxygen atoms in total. The molecule has 8 heteroatoms. The fraction of sp³-hybridized carbons (Fsp3) is 0.111. The number of carbonyl (C=O) groups is 2. The van der Waals surface area contributed by atoms with Crippen molar-refractivity contribution >= 4 is 34.7 Å². The van der Waals surface area contributed by atoms with Crippen LogP contribution in [0.5, 0.6) is 11.5 Å². The summed E-state index contributed by atoms with van der Waals surface area (Å²) >= 11 is 6.05. The quantitative estimate of drug-likeness (QED) is 0.763. The molecule has 2 aromatic carbocycles. The molecule has 0 unspecified atom stereocenters. The summed E-state index contributed by atoms with van der Waals surface area (Å²) in [5.41, 5.74) is -0.188. The second-order valence-electron chi connectivity index (χ2n) is 5.30. The number of ether oxygens (including phenoxy) is 2. The largest absolute Gasteiger partial charge is 0.493 e. The first kappa shape index (κ1) is 17.9. The van der Waals surface area contributed by atoms with Gasteiger partial charge in [0.25, 0.3) is 11.8 Å². The first-order valence-electron chi connectivity index (χ1n) is 7.35. The second kappa shape index (κ2) is 6.76. The molecule has 0 radical (unpaired) electrons. The zero-order valence-corrected chi connectivity index (χ0v) is 14.4. The van der Waals surface area contributed by atoms with Crippen molar-refractivity contribution in [3.8, 4) is 11.5 Å². The van der Waals surface area contributed by atoms with E-state index in [-0.39, 0.29) is 16.3 Å². The van der Waals surface area contributed by atoms with Crippen LogP contribution in [0.25, 0.3) is 5.57 Å². The smallest absolute Gasteiger partial charge is 0.277 e. The van der Waals surface area contributed by atoms with Crippen molar-refractivity contribution in [3.05, 3.63) is 58.6 Å². The summed E-state index contributed by atoms with van der Waals surface area (Å²) in [5.74, 6) is -2.85. The molecule has 0 aromatic heterocycles. The summed E-state index contributed by atoms with van der Waals surface area (Å²) in [4.78, 5) is 25.7. The Balaban J connectivity index is 2.07. The molecule has 2 amide bonds. The topological polar surface area (TPSA) is 55.8 Å². The highest BCUT2D eigenvalue weighted by Crippen LogP contribution is 2.38. The number of rotatable bonds is 4. The number of methoxy groups -OCH3 is 2. The van der Waals surface area contributed by atoms with Crippen LogP contribution in [0.3, 0.4) is 0 Å². The van der Waals surface area contributed by atoms with Gasteiger partial charge in [-0.05, 0) is 29.8 Å². The molecule has 1 aliphatic heterocycles. The summed E-state index contributed by atoms with van der Waals surface area (Å²) in [6, 6.07) is 7.08. The molecule has 0 spiro atoms. The molecule has 3 rings (SSSR count). The Labute approximate surface area is 152 Å². The molecule has 1 aliphatic rings. The van der Waals surface area contributed by atoms with Crippen LogP contribution in [0.2, 0.25) is 0 Å². The maximum absolute atomic E-state index is 14.0. The minimum absolute atomic E-state index is 0.110. The molecule has 1 heterocycles. The van der Waals surface area contributed by atoms with Gasteiger partial charge in [0.05, 0.1) is 25.5 Å². The van der Waals surface area contributed by atoms with Crippen molar-refractivity contribution in [2.75, 3.05) is 19.1 Å². The Kier molecular flexibility index (Phi) is 4.65. The molecule has 0 fully saturated rings. The molecule has 0 aliphatic carbocycles. The summed E-state index contributed by atoms with van der Waals surface area (Å²) in [7, 11) is 2.87. The molecule has 2 aromatic rings. The van der Waals surface area contributed by atoms with Gasteiger partial charge in [0.1, 0.15) is 16.7 Å². The normalized spacial score (nSPS) is 14.3. The number of anilines is 1. The van der Waals surface area contributed by atoms with E-state index >= 15 is 0 Å². The maximum Gasteiger partial charge on any atom is 0.277 e. The molecular weight excluding hydrogens is 368 g/mol. The van der Waals surface area contributed by atoms with E-state index in [1.165, 1.54) is 26.4 Å². The number of amides is 2. The minimum atomic E-state index is -1.05. The van der Waals surface area contributed by atoms with Gasteiger partial charge in [0.15, 0.2) is 11.5 Å². The van der Waals surface area contributed by atoms with Crippen molar-refractivity contribution in [2.45, 2.75) is 0 Å². The van der Waals surface area contributed by atoms with Gasteiger partial charge in [0.2, 0.25) is 0 Å². The summed E-state index contributed by atoms with van der Waals surface area (Å²) in [6.45, 7) is 0. The van der Waals surface area contributed by atoms with Gasteiger partial charge in [-0.25, -0.2) is 13.7 Å². The van der Waals surface area contributed by atoms with Crippen LogP contribution >= 0.6 is 11.6 Å². The van der Waals surface area contributed by atoms with E-state index in [2.05, 4.69) is 0 Å². The van der Waals surface area contributed by atoms with Crippen LogP contribution in [-0.2, 0) is 9.59 Å². The highest BCUT2D eigenvalue weighted by Gasteiger charge is 2.40. The molecule has 26 heavy (non-hydrogen) atoms. The highest BCUT2D eigenvalue weighted by molar-refractivity contribution is 6.60. The molecule has 134 valence electrons. The van der Waals surface area contributed by atoms with E-state index in [1.54, 1.807) is 6.07 Å². The lowest BCUT2D eigenvalue weighted by atomic mass is 10.1. The standard InChI is InChI=1S/C18H12ClF2NO4/c1-25-13-6-3-9(7-14(13)26-2)15-16(19)18(24)22(17(15)23)12-5-4-10(20)8-11(12)21/h3-8H,1-2H3. The van der Waals surface area contributed by atoms with Crippen molar-refractivity contribution in [3.63, 3.8) is 0 Å². The van der Waals surface area contributed by atoms with Gasteiger partial charge in [-0.15, -0.1) is 0 Å². The van der Waals surface area contributed by atoms with Crippen LogP contribution in [0, 0.1) is 11.6 Å². The average Bonchev–Trinajstić information content (AvgIpc) is 2.84. The Hall–Kier alpha value is -2.93. The molecule has 0 saturated heterocycles. The van der Waals surface area contributed by atoms with Crippen LogP contribution < -0.4 is 14.4 Å². The molecule has 0 bridgehead atoms. The van der Waals surface area contributed by atoms with Crippen molar-refractivity contribution in [1.29, 1.82) is 0 Å². The number of hydrogen-bond donors (Lipinski definition) is 0. The lowest BCUT2D eigenvalue weighted by Crippen LogP contribution is -2.32. The van der Waals surface area contributed by atoms with E-state index in [1.807, 2.05) is 0 Å². The van der Waals surface area contributed by atoms with Crippen molar-refractivity contribution in [1.82, 2.24) is 0 Å². The van der Waals surface area contributed by atoms with Crippen LogP contribution in [0.4, 0.5) is 14.5 Å². The fourth-order valence-electron chi connectivity index (χ4n) is 2.63. The Morgan fingerprint density at radius 3 is 2.23 bits per heavy atom. The number of imide groups is 1. The monoisotopic (exact) mass is 379 g/mol. The second-order valence-corrected chi connectivity index (χ2v) is 5.68. The predicted molar refractivity (Wildman–Crippen MR) is 91.2 cm³/mol. The molecule has 0 atom stereocenters. The number of halogens is 3. The first-order valence-corrected chi connectivity index (χ1v) is 7.72. The summed E-state index contributed by atoms with van der Waals surface area (Å²) < 4.78 is 37.5. The number of carbonyl (C=O) groups excluding carboxylic acids is 2. The third kappa shape index (κ3) is 2.80. The minimum Gasteiger partial charge on any atom is -0.493 e. The number of hydrogen-bond acceptors (Lipinski definition) is 4. The van der Waals surface area contributed by atoms with E-state index in [4.69, 9.17) is 21.1 Å². The van der Waals surface area contributed by atoms with E-state index < -0.39 is 23.4 Å². The Morgan fingerprint density at radius 2 is 1.62 bits per heavy atom. The van der Waals surface area contributed by atoms with Crippen molar-refractivity contribution in [2.24, 2.45) is 0 Å². The van der Waals surface area contributed by atoms with Gasteiger partial charge in [-0.2, -0.15) is 0 Å². The van der Waals surface area contributed by atoms with E-state index in [0.717, 1.165) is 12.1 Å². The fourth-order valence-corrected chi connectivity index (χ4v) is 2.90. The zero-order chi connectivity index (χ0) is 19.0. The SMILES string of the molecule is COc1ccc(C2=C(Cl)C(=O)N(c3ccc(F)cc3F)C2=O)cc1OC. The summed E-state index contributed by atoms with van der Waals surface area (Å²) in [6.07, 6.45) is 0. The van der Waals surface area contributed by atoms with Gasteiger partial charge < -0.3 is 9.47 Å². The number of nitrogens with zero attached hydrogens (tertiary/aromatic N) is 1. The molecule has 0 saturated carbocycles. The predicted octanol–water partition coefficient (Wildman–Crippen LogP) is 3.51. The van der Waals surface area contributed by atoms with Crippen LogP contribution in [-0.4, -0.2) is 26.0 Å². The Morgan fingerprint density at radius 1 is 0.923 bits per heavy atom. The van der Waals surface area contributed by atoms with E-state index in [0.29, 0.717) is 28.0 Å². The lowest BCUT2D eigenvalue weighted by molar-refractivity contribution is -0.119. The third-order valence-corrected chi connectivity index (χ3v) is 4.20. The molecular formula is C18H12ClF2NO4. The van der Waals surface area contributed by atoms with Crippen LogP contribution in [0.15, 0.2) is 41.4 Å². The van der Waals surface area contributed by atoms with Gasteiger partial charge in [-0.1, -0.05) is 17.7 Å². The van der Waals surface area contributed by atoms with Crippen LogP contribution in [0.1, 0.15) is 5.56 Å². The van der Waals surface area contributed by atoms with Gasteiger partial charge in [0, 0.05) is 6.07 Å². The first-order chi connectivity index (χ1) is 12.4. The average molecular weight is 380 g/mol. The van der Waals surface area contributed by atoms with E-state index in [9.17, 15) is 18.4 Å². The Bertz CT molecular complexity index is 958. The van der Waals surface area contributed by atoms with Crippen molar-refractivity contribution < 1.29 is 27.8 Å². The maximum atomic E-state index is 14.0. The third-order valence-electron chi connectivity index (χ3n) is 3.85.